The minimum Gasteiger partial charge on any atom is -0.402 e. The lowest BCUT2D eigenvalue weighted by atomic mass is 10.2. The molecule has 2 N–H and O–H groups in total. The zero-order valence-corrected chi connectivity index (χ0v) is 10.4. The highest BCUT2D eigenvalue weighted by Gasteiger charge is 2.18. The van der Waals surface area contributed by atoms with E-state index in [1.807, 2.05) is 37.3 Å². The number of halogens is 1. The molecule has 0 saturated heterocycles. The molecule has 0 aliphatic heterocycles. The summed E-state index contributed by atoms with van der Waals surface area (Å²) >= 11 is 5.73. The number of benzene rings is 1. The predicted molar refractivity (Wildman–Crippen MR) is 66.2 cm³/mol. The summed E-state index contributed by atoms with van der Waals surface area (Å²) in [7, 11) is -1.85. The van der Waals surface area contributed by atoms with Crippen LogP contribution in [0.25, 0.3) is 0 Å². The first-order chi connectivity index (χ1) is 8.08. The lowest BCUT2D eigenvalue weighted by molar-refractivity contribution is 0.0270. The molecule has 0 saturated carbocycles. The van der Waals surface area contributed by atoms with Crippen molar-refractivity contribution in [2.45, 2.75) is 31.6 Å². The Morgan fingerprint density at radius 2 is 1.94 bits per heavy atom. The molecular weight excluding hydrogens is 242 g/mol. The summed E-state index contributed by atoms with van der Waals surface area (Å²) in [6.45, 7) is 2.35. The zero-order chi connectivity index (χ0) is 12.7. The maximum absolute atomic E-state index is 8.55. The van der Waals surface area contributed by atoms with Crippen LogP contribution in [0.2, 0.25) is 0 Å². The largest absolute Gasteiger partial charge is 0.635 e. The summed E-state index contributed by atoms with van der Waals surface area (Å²) in [5.74, 6) is 0. The summed E-state index contributed by atoms with van der Waals surface area (Å²) in [6, 6.07) is 9.77. The van der Waals surface area contributed by atoms with Crippen molar-refractivity contribution in [3.8, 4) is 0 Å². The van der Waals surface area contributed by atoms with Gasteiger partial charge in [-0.3, -0.25) is 0 Å². The zero-order valence-electron chi connectivity index (χ0n) is 9.62. The van der Waals surface area contributed by atoms with E-state index < -0.39 is 12.9 Å². The van der Waals surface area contributed by atoms with Gasteiger partial charge in [-0.2, -0.15) is 0 Å². The molecule has 2 unspecified atom stereocenters. The summed E-state index contributed by atoms with van der Waals surface area (Å²) in [5, 5.41) is 17.1. The van der Waals surface area contributed by atoms with E-state index in [1.165, 1.54) is 0 Å². The topological polar surface area (TPSA) is 58.9 Å². The highest BCUT2D eigenvalue weighted by Crippen LogP contribution is 2.12. The Morgan fingerprint density at radius 3 is 2.53 bits per heavy atom. The molecule has 94 valence electrons. The van der Waals surface area contributed by atoms with Crippen molar-refractivity contribution < 1.29 is 19.4 Å². The van der Waals surface area contributed by atoms with E-state index in [1.54, 1.807) is 0 Å². The fourth-order valence-corrected chi connectivity index (χ4v) is 1.67. The van der Waals surface area contributed by atoms with E-state index in [0.29, 0.717) is 13.0 Å². The standard InChI is InChI=1S/C11H16BClO4/c1-9(7-11(13)17-12(14)15)16-8-10-5-3-2-4-6-10/h2-6,9,11,14-15H,7-8H2,1H3. The van der Waals surface area contributed by atoms with Gasteiger partial charge in [-0.25, -0.2) is 0 Å². The molecule has 6 heteroatoms. The molecule has 2 atom stereocenters. The van der Waals surface area contributed by atoms with Crippen LogP contribution in [0.1, 0.15) is 18.9 Å². The Balaban J connectivity index is 2.23. The first kappa shape index (κ1) is 14.5. The number of ether oxygens (including phenoxy) is 1. The summed E-state index contributed by atoms with van der Waals surface area (Å²) in [4.78, 5) is 0. The second-order valence-corrected chi connectivity index (χ2v) is 4.20. The van der Waals surface area contributed by atoms with E-state index >= 15 is 0 Å². The van der Waals surface area contributed by atoms with Crippen LogP contribution in [0, 0.1) is 0 Å². The van der Waals surface area contributed by atoms with Crippen molar-refractivity contribution in [3.05, 3.63) is 35.9 Å². The van der Waals surface area contributed by atoms with E-state index in [9.17, 15) is 0 Å². The normalized spacial score (nSPS) is 14.4. The van der Waals surface area contributed by atoms with Crippen LogP contribution in [0.3, 0.4) is 0 Å². The average molecular weight is 259 g/mol. The Bertz CT molecular complexity index is 310. The molecule has 0 aromatic heterocycles. The maximum Gasteiger partial charge on any atom is 0.635 e. The first-order valence-electron chi connectivity index (χ1n) is 5.39. The molecule has 0 fully saturated rings. The molecule has 0 heterocycles. The number of alkyl halides is 1. The van der Waals surface area contributed by atoms with Gasteiger partial charge >= 0.3 is 7.32 Å². The Hall–Kier alpha value is -0.585. The molecule has 1 rings (SSSR count). The minimum absolute atomic E-state index is 0.128. The summed E-state index contributed by atoms with van der Waals surface area (Å²) in [6.07, 6.45) is 0.253. The first-order valence-corrected chi connectivity index (χ1v) is 5.82. The summed E-state index contributed by atoms with van der Waals surface area (Å²) < 4.78 is 10.1. The van der Waals surface area contributed by atoms with Crippen LogP contribution in [0.15, 0.2) is 30.3 Å². The second kappa shape index (κ2) is 7.69. The second-order valence-electron chi connectivity index (χ2n) is 3.72. The number of rotatable bonds is 7. The van der Waals surface area contributed by atoms with Crippen LogP contribution in [-0.2, 0) is 16.0 Å². The van der Waals surface area contributed by atoms with Crippen LogP contribution < -0.4 is 0 Å². The number of hydrogen-bond donors (Lipinski definition) is 2. The van der Waals surface area contributed by atoms with Crippen molar-refractivity contribution in [1.29, 1.82) is 0 Å². The van der Waals surface area contributed by atoms with Gasteiger partial charge in [0.1, 0.15) is 5.56 Å². The molecule has 0 aliphatic rings. The quantitative estimate of drug-likeness (QED) is 0.575. The predicted octanol–water partition coefficient (Wildman–Crippen LogP) is 1.53. The molecule has 1 aromatic rings. The highest BCUT2D eigenvalue weighted by atomic mass is 35.5. The van der Waals surface area contributed by atoms with Gasteiger partial charge in [-0.1, -0.05) is 41.9 Å². The van der Waals surface area contributed by atoms with Gasteiger partial charge in [-0.05, 0) is 12.5 Å². The SMILES string of the molecule is CC(CC(Cl)OB(O)O)OCc1ccccc1. The molecule has 1 aromatic carbocycles. The van der Waals surface area contributed by atoms with Gasteiger partial charge < -0.3 is 19.4 Å². The molecule has 0 spiro atoms. The number of hydrogen-bond acceptors (Lipinski definition) is 4. The summed E-state index contributed by atoms with van der Waals surface area (Å²) in [5.41, 5.74) is 0.300. The molecule has 0 amide bonds. The van der Waals surface area contributed by atoms with Crippen LogP contribution in [0.5, 0.6) is 0 Å². The molecular formula is C11H16BClO4. The van der Waals surface area contributed by atoms with Crippen molar-refractivity contribution in [2.24, 2.45) is 0 Å². The third-order valence-electron chi connectivity index (χ3n) is 2.16. The van der Waals surface area contributed by atoms with Gasteiger partial charge in [0.15, 0.2) is 0 Å². The Labute approximate surface area is 106 Å². The van der Waals surface area contributed by atoms with E-state index in [-0.39, 0.29) is 6.10 Å². The smallest absolute Gasteiger partial charge is 0.402 e. The van der Waals surface area contributed by atoms with Crippen molar-refractivity contribution in [2.75, 3.05) is 0 Å². The van der Waals surface area contributed by atoms with Crippen molar-refractivity contribution in [3.63, 3.8) is 0 Å². The third-order valence-corrected chi connectivity index (χ3v) is 2.45. The van der Waals surface area contributed by atoms with Gasteiger partial charge in [0, 0.05) is 6.42 Å². The van der Waals surface area contributed by atoms with Crippen molar-refractivity contribution >= 4 is 18.9 Å². The monoisotopic (exact) mass is 258 g/mol. The van der Waals surface area contributed by atoms with Gasteiger partial charge in [-0.15, -0.1) is 0 Å². The van der Waals surface area contributed by atoms with Crippen LogP contribution in [-0.4, -0.2) is 29.0 Å². The van der Waals surface area contributed by atoms with Crippen LogP contribution in [0.4, 0.5) is 0 Å². The highest BCUT2D eigenvalue weighted by molar-refractivity contribution is 6.34. The fraction of sp³-hybridized carbons (Fsp3) is 0.455. The van der Waals surface area contributed by atoms with Gasteiger partial charge in [0.05, 0.1) is 12.7 Å². The maximum atomic E-state index is 8.55. The van der Waals surface area contributed by atoms with Crippen LogP contribution >= 0.6 is 11.6 Å². The minimum atomic E-state index is -1.85. The fourth-order valence-electron chi connectivity index (χ4n) is 1.33. The van der Waals surface area contributed by atoms with E-state index in [2.05, 4.69) is 4.65 Å². The van der Waals surface area contributed by atoms with E-state index in [4.69, 9.17) is 26.4 Å². The molecule has 17 heavy (non-hydrogen) atoms. The molecule has 0 aliphatic carbocycles. The Kier molecular flexibility index (Phi) is 6.54. The van der Waals surface area contributed by atoms with Gasteiger partial charge in [0.2, 0.25) is 0 Å². The third kappa shape index (κ3) is 6.66. The lowest BCUT2D eigenvalue weighted by Gasteiger charge is -2.17. The van der Waals surface area contributed by atoms with Crippen molar-refractivity contribution in [1.82, 2.24) is 0 Å². The average Bonchev–Trinajstić information content (AvgIpc) is 2.26. The lowest BCUT2D eigenvalue weighted by Crippen LogP contribution is -2.25. The molecule has 0 bridgehead atoms. The van der Waals surface area contributed by atoms with Gasteiger partial charge in [0.25, 0.3) is 0 Å². The molecule has 0 radical (unpaired) electrons. The Morgan fingerprint density at radius 1 is 1.29 bits per heavy atom. The van der Waals surface area contributed by atoms with E-state index in [0.717, 1.165) is 5.56 Å². The molecule has 4 nitrogen and oxygen atoms in total.